The van der Waals surface area contributed by atoms with Gasteiger partial charge < -0.3 is 14.4 Å². The molecule has 2 aromatic carbocycles. The number of pyridine rings is 1. The number of benzene rings is 2. The summed E-state index contributed by atoms with van der Waals surface area (Å²) in [6, 6.07) is 18.8. The molecular formula is C26H26N4O3. The predicted molar refractivity (Wildman–Crippen MR) is 128 cm³/mol. The molecular weight excluding hydrogens is 416 g/mol. The Morgan fingerprint density at radius 1 is 1.03 bits per heavy atom. The van der Waals surface area contributed by atoms with E-state index < -0.39 is 0 Å². The molecule has 33 heavy (non-hydrogen) atoms. The first-order valence-electron chi connectivity index (χ1n) is 11.0. The summed E-state index contributed by atoms with van der Waals surface area (Å²) in [7, 11) is 0. The molecule has 7 nitrogen and oxygen atoms in total. The molecule has 4 aromatic rings. The number of nitrogens with zero attached hydrogens (tertiary/aromatic N) is 3. The average molecular weight is 443 g/mol. The number of carbonyl (C=O) groups excluding carboxylic acids is 1. The highest BCUT2D eigenvalue weighted by Crippen LogP contribution is 2.22. The lowest BCUT2D eigenvalue weighted by Crippen LogP contribution is -2.28. The highest BCUT2D eigenvalue weighted by atomic mass is 16.5. The van der Waals surface area contributed by atoms with Crippen LogP contribution in [0.3, 0.4) is 0 Å². The molecule has 0 aliphatic rings. The predicted octanol–water partition coefficient (Wildman–Crippen LogP) is 4.86. The van der Waals surface area contributed by atoms with Crippen LogP contribution in [-0.4, -0.2) is 20.6 Å². The molecule has 1 amide bonds. The smallest absolute Gasteiger partial charge is 0.263 e. The second-order valence-corrected chi connectivity index (χ2v) is 7.94. The molecule has 0 saturated carbocycles. The summed E-state index contributed by atoms with van der Waals surface area (Å²) in [5.41, 5.74) is 3.65. The minimum Gasteiger partial charge on any atom is -0.333 e. The molecule has 0 unspecified atom stereocenters. The zero-order chi connectivity index (χ0) is 23.2. The lowest BCUT2D eigenvalue weighted by molar-refractivity contribution is -0.116. The summed E-state index contributed by atoms with van der Waals surface area (Å²) >= 11 is 0. The number of aromatic nitrogens is 3. The lowest BCUT2D eigenvalue weighted by Gasteiger charge is -2.09. The number of nitrogens with one attached hydrogen (secondary N) is 1. The first kappa shape index (κ1) is 22.2. The fraction of sp³-hybridized carbons (Fsp3) is 0.231. The first-order valence-corrected chi connectivity index (χ1v) is 11.0. The quantitative estimate of drug-likeness (QED) is 0.421. The SMILES string of the molecule is CCCCc1ccc(NC(=O)Cn2cccc(-c3nc(-c4ccccc4C)no3)c2=O)cc1. The van der Waals surface area contributed by atoms with Gasteiger partial charge >= 0.3 is 0 Å². The van der Waals surface area contributed by atoms with Gasteiger partial charge in [0.2, 0.25) is 11.7 Å². The number of aryl methyl sites for hydroxylation is 2. The highest BCUT2D eigenvalue weighted by Gasteiger charge is 2.16. The van der Waals surface area contributed by atoms with Crippen molar-refractivity contribution in [3.63, 3.8) is 0 Å². The van der Waals surface area contributed by atoms with E-state index in [0.717, 1.165) is 30.4 Å². The van der Waals surface area contributed by atoms with Crippen LogP contribution in [0.1, 0.15) is 30.9 Å². The number of anilines is 1. The van der Waals surface area contributed by atoms with Crippen LogP contribution in [0.4, 0.5) is 5.69 Å². The van der Waals surface area contributed by atoms with Gasteiger partial charge in [-0.25, -0.2) is 0 Å². The van der Waals surface area contributed by atoms with Gasteiger partial charge in [-0.2, -0.15) is 4.98 Å². The Hall–Kier alpha value is -4.00. The summed E-state index contributed by atoms with van der Waals surface area (Å²) in [6.07, 6.45) is 4.87. The van der Waals surface area contributed by atoms with E-state index in [9.17, 15) is 9.59 Å². The number of unbranched alkanes of at least 4 members (excludes halogenated alkanes) is 1. The maximum Gasteiger partial charge on any atom is 0.263 e. The summed E-state index contributed by atoms with van der Waals surface area (Å²) < 4.78 is 6.69. The number of hydrogen-bond donors (Lipinski definition) is 1. The van der Waals surface area contributed by atoms with E-state index >= 15 is 0 Å². The third kappa shape index (κ3) is 5.26. The zero-order valence-electron chi connectivity index (χ0n) is 18.7. The summed E-state index contributed by atoms with van der Waals surface area (Å²) in [6.45, 7) is 3.99. The van der Waals surface area contributed by atoms with Gasteiger partial charge in [0.25, 0.3) is 11.4 Å². The lowest BCUT2D eigenvalue weighted by atomic mass is 10.1. The summed E-state index contributed by atoms with van der Waals surface area (Å²) in [5.74, 6) is 0.246. The van der Waals surface area contributed by atoms with Crippen molar-refractivity contribution in [2.45, 2.75) is 39.7 Å². The van der Waals surface area contributed by atoms with Crippen molar-refractivity contribution in [2.75, 3.05) is 5.32 Å². The normalized spacial score (nSPS) is 10.8. The molecule has 0 aliphatic carbocycles. The molecule has 0 radical (unpaired) electrons. The third-order valence-corrected chi connectivity index (χ3v) is 5.43. The van der Waals surface area contributed by atoms with Crippen molar-refractivity contribution in [3.8, 4) is 22.8 Å². The van der Waals surface area contributed by atoms with E-state index in [4.69, 9.17) is 4.52 Å². The minimum absolute atomic E-state index is 0.121. The monoisotopic (exact) mass is 442 g/mol. The van der Waals surface area contributed by atoms with Crippen molar-refractivity contribution in [2.24, 2.45) is 0 Å². The van der Waals surface area contributed by atoms with Crippen LogP contribution in [0.2, 0.25) is 0 Å². The molecule has 1 N–H and O–H groups in total. The van der Waals surface area contributed by atoms with Gasteiger partial charge in [-0.05, 0) is 55.2 Å². The Bertz CT molecular complexity index is 1310. The van der Waals surface area contributed by atoms with Crippen molar-refractivity contribution in [1.29, 1.82) is 0 Å². The van der Waals surface area contributed by atoms with E-state index in [0.29, 0.717) is 11.5 Å². The molecule has 0 spiro atoms. The van der Waals surface area contributed by atoms with Gasteiger partial charge in [0, 0.05) is 17.4 Å². The van der Waals surface area contributed by atoms with E-state index in [-0.39, 0.29) is 29.5 Å². The van der Waals surface area contributed by atoms with Gasteiger partial charge in [0.05, 0.1) is 0 Å². The standard InChI is InChI=1S/C26H26N4O3/c1-3-4-9-19-12-14-20(15-13-19)27-23(31)17-30-16-7-11-22(26(30)32)25-28-24(29-33-25)21-10-6-5-8-18(21)2/h5-8,10-16H,3-4,9,17H2,1-2H3,(H,27,31). The Balaban J connectivity index is 1.48. The van der Waals surface area contributed by atoms with Crippen LogP contribution in [0.5, 0.6) is 0 Å². The van der Waals surface area contributed by atoms with Crippen molar-refractivity contribution in [3.05, 3.63) is 88.3 Å². The van der Waals surface area contributed by atoms with Crippen molar-refractivity contribution < 1.29 is 9.32 Å². The van der Waals surface area contributed by atoms with E-state index in [1.54, 1.807) is 18.3 Å². The molecule has 2 heterocycles. The van der Waals surface area contributed by atoms with Crippen LogP contribution in [0, 0.1) is 6.92 Å². The number of amides is 1. The minimum atomic E-state index is -0.373. The topological polar surface area (TPSA) is 90.0 Å². The first-order chi connectivity index (χ1) is 16.0. The second-order valence-electron chi connectivity index (χ2n) is 7.94. The van der Waals surface area contributed by atoms with Gasteiger partial charge in [-0.15, -0.1) is 0 Å². The molecule has 4 rings (SSSR count). The van der Waals surface area contributed by atoms with E-state index in [2.05, 4.69) is 22.4 Å². The fourth-order valence-corrected chi connectivity index (χ4v) is 3.58. The van der Waals surface area contributed by atoms with Gasteiger partial charge in [0.1, 0.15) is 12.1 Å². The summed E-state index contributed by atoms with van der Waals surface area (Å²) in [5, 5.41) is 6.87. The highest BCUT2D eigenvalue weighted by molar-refractivity contribution is 5.90. The largest absolute Gasteiger partial charge is 0.333 e. The summed E-state index contributed by atoms with van der Waals surface area (Å²) in [4.78, 5) is 29.9. The maximum atomic E-state index is 13.0. The third-order valence-electron chi connectivity index (χ3n) is 5.43. The van der Waals surface area contributed by atoms with Crippen LogP contribution in [-0.2, 0) is 17.8 Å². The molecule has 0 saturated heterocycles. The second kappa shape index (κ2) is 10.1. The fourth-order valence-electron chi connectivity index (χ4n) is 3.58. The molecule has 0 atom stereocenters. The number of hydrogen-bond acceptors (Lipinski definition) is 5. The van der Waals surface area contributed by atoms with Crippen molar-refractivity contribution >= 4 is 11.6 Å². The zero-order valence-corrected chi connectivity index (χ0v) is 18.7. The van der Waals surface area contributed by atoms with E-state index in [1.807, 2.05) is 55.5 Å². The molecule has 168 valence electrons. The van der Waals surface area contributed by atoms with Crippen molar-refractivity contribution in [1.82, 2.24) is 14.7 Å². The van der Waals surface area contributed by atoms with Gasteiger partial charge in [-0.3, -0.25) is 9.59 Å². The van der Waals surface area contributed by atoms with Crippen LogP contribution < -0.4 is 10.9 Å². The van der Waals surface area contributed by atoms with Crippen LogP contribution in [0.15, 0.2) is 76.2 Å². The Kier molecular flexibility index (Phi) is 6.78. The number of rotatable bonds is 8. The van der Waals surface area contributed by atoms with E-state index in [1.165, 1.54) is 10.1 Å². The average Bonchev–Trinajstić information content (AvgIpc) is 3.30. The van der Waals surface area contributed by atoms with Crippen LogP contribution >= 0.6 is 0 Å². The Labute approximate surface area is 192 Å². The Morgan fingerprint density at radius 3 is 2.55 bits per heavy atom. The molecule has 2 aromatic heterocycles. The molecule has 7 heteroatoms. The van der Waals surface area contributed by atoms with Crippen LogP contribution in [0.25, 0.3) is 22.8 Å². The maximum absolute atomic E-state index is 13.0. The van der Waals surface area contributed by atoms with Gasteiger partial charge in [0.15, 0.2) is 0 Å². The molecule has 0 fully saturated rings. The number of carbonyl (C=O) groups is 1. The Morgan fingerprint density at radius 2 is 1.79 bits per heavy atom. The molecule has 0 bridgehead atoms. The van der Waals surface area contributed by atoms with Gasteiger partial charge in [-0.1, -0.05) is 54.9 Å². The molecule has 0 aliphatic heterocycles.